The summed E-state index contributed by atoms with van der Waals surface area (Å²) in [6, 6.07) is 5.88. The molecule has 0 spiro atoms. The Kier molecular flexibility index (Phi) is 2.29. The first kappa shape index (κ1) is 9.66. The van der Waals surface area contributed by atoms with E-state index in [-0.39, 0.29) is 0 Å². The summed E-state index contributed by atoms with van der Waals surface area (Å²) in [5, 5.41) is 0. The van der Waals surface area contributed by atoms with Crippen molar-refractivity contribution in [1.82, 2.24) is 9.38 Å². The summed E-state index contributed by atoms with van der Waals surface area (Å²) in [6.45, 7) is 1.63. The van der Waals surface area contributed by atoms with Crippen LogP contribution >= 0.6 is 0 Å². The van der Waals surface area contributed by atoms with Gasteiger partial charge in [0.2, 0.25) is 0 Å². The number of pyridine rings is 1. The topological polar surface area (TPSA) is 52.5 Å². The molecule has 0 aliphatic carbocycles. The van der Waals surface area contributed by atoms with Crippen LogP contribution in [0.1, 0.15) is 24.6 Å². The molecule has 0 aromatic carbocycles. The molecule has 1 saturated heterocycles. The van der Waals surface area contributed by atoms with Crippen molar-refractivity contribution in [2.45, 2.75) is 18.8 Å². The predicted molar refractivity (Wildman–Crippen MR) is 62.4 cm³/mol. The van der Waals surface area contributed by atoms with Crippen LogP contribution in [-0.2, 0) is 4.74 Å². The van der Waals surface area contributed by atoms with Gasteiger partial charge in [-0.05, 0) is 25.0 Å². The average Bonchev–Trinajstić information content (AvgIpc) is 2.75. The second kappa shape index (κ2) is 3.79. The van der Waals surface area contributed by atoms with Crippen molar-refractivity contribution < 1.29 is 4.74 Å². The molecule has 16 heavy (non-hydrogen) atoms. The van der Waals surface area contributed by atoms with Crippen molar-refractivity contribution >= 4 is 11.3 Å². The minimum Gasteiger partial charge on any atom is -0.385 e. The van der Waals surface area contributed by atoms with Crippen LogP contribution in [0.4, 0.5) is 5.82 Å². The smallest absolute Gasteiger partial charge is 0.120 e. The molecule has 2 aromatic heterocycles. The highest BCUT2D eigenvalue weighted by atomic mass is 16.5. The van der Waals surface area contributed by atoms with Crippen LogP contribution in [0.25, 0.3) is 5.52 Å². The Morgan fingerprint density at radius 2 is 2.38 bits per heavy atom. The predicted octanol–water partition coefficient (Wildman–Crippen LogP) is 1.81. The lowest BCUT2D eigenvalue weighted by molar-refractivity contribution is 0.0780. The van der Waals surface area contributed by atoms with Crippen molar-refractivity contribution in [2.24, 2.45) is 0 Å². The maximum Gasteiger partial charge on any atom is 0.120 e. The van der Waals surface area contributed by atoms with E-state index in [0.29, 0.717) is 5.92 Å². The molecule has 3 rings (SSSR count). The largest absolute Gasteiger partial charge is 0.385 e. The molecule has 2 aromatic rings. The first-order chi connectivity index (χ1) is 7.86. The van der Waals surface area contributed by atoms with E-state index in [1.54, 1.807) is 0 Å². The van der Waals surface area contributed by atoms with Gasteiger partial charge in [-0.3, -0.25) is 4.40 Å². The fourth-order valence-corrected chi connectivity index (χ4v) is 2.33. The zero-order valence-electron chi connectivity index (χ0n) is 9.10. The number of ether oxygens (including phenoxy) is 1. The van der Waals surface area contributed by atoms with Gasteiger partial charge in [-0.1, -0.05) is 6.07 Å². The van der Waals surface area contributed by atoms with Crippen molar-refractivity contribution in [2.75, 3.05) is 18.9 Å². The molecule has 0 bridgehead atoms. The van der Waals surface area contributed by atoms with Gasteiger partial charge in [-0.2, -0.15) is 0 Å². The number of nitrogens with two attached hydrogens (primary N) is 1. The molecule has 84 valence electrons. The molecule has 1 fully saturated rings. The second-order valence-electron chi connectivity index (χ2n) is 4.24. The SMILES string of the molecule is Nc1cccc2cnc(C3CCCOC3)n12. The summed E-state index contributed by atoms with van der Waals surface area (Å²) in [7, 11) is 0. The Hall–Kier alpha value is -1.55. The summed E-state index contributed by atoms with van der Waals surface area (Å²) in [5.41, 5.74) is 7.05. The quantitative estimate of drug-likeness (QED) is 0.792. The van der Waals surface area contributed by atoms with E-state index in [1.165, 1.54) is 0 Å². The lowest BCUT2D eigenvalue weighted by atomic mass is 10.0. The fraction of sp³-hybridized carbons (Fsp3) is 0.417. The Morgan fingerprint density at radius 1 is 1.44 bits per heavy atom. The summed E-state index contributed by atoms with van der Waals surface area (Å²) >= 11 is 0. The van der Waals surface area contributed by atoms with Gasteiger partial charge in [-0.25, -0.2) is 4.98 Å². The maximum atomic E-state index is 5.99. The molecule has 1 atom stereocenters. The number of hydrogen-bond acceptors (Lipinski definition) is 3. The highest BCUT2D eigenvalue weighted by Crippen LogP contribution is 2.26. The first-order valence-electron chi connectivity index (χ1n) is 5.66. The van der Waals surface area contributed by atoms with E-state index < -0.39 is 0 Å². The zero-order valence-corrected chi connectivity index (χ0v) is 9.10. The van der Waals surface area contributed by atoms with Crippen LogP contribution in [0.3, 0.4) is 0 Å². The Morgan fingerprint density at radius 3 is 3.19 bits per heavy atom. The average molecular weight is 217 g/mol. The van der Waals surface area contributed by atoms with Gasteiger partial charge < -0.3 is 10.5 Å². The molecule has 1 aliphatic rings. The number of fused-ring (bicyclic) bond motifs is 1. The molecule has 3 heterocycles. The van der Waals surface area contributed by atoms with Gasteiger partial charge in [0.05, 0.1) is 18.3 Å². The highest BCUT2D eigenvalue weighted by molar-refractivity contribution is 5.53. The Labute approximate surface area is 94.0 Å². The maximum absolute atomic E-state index is 5.99. The van der Waals surface area contributed by atoms with Gasteiger partial charge >= 0.3 is 0 Å². The van der Waals surface area contributed by atoms with Crippen LogP contribution in [0.15, 0.2) is 24.4 Å². The van der Waals surface area contributed by atoms with E-state index >= 15 is 0 Å². The number of hydrogen-bond donors (Lipinski definition) is 1. The van der Waals surface area contributed by atoms with E-state index in [0.717, 1.165) is 43.2 Å². The number of aromatic nitrogens is 2. The molecular formula is C12H15N3O. The first-order valence-corrected chi connectivity index (χ1v) is 5.66. The third kappa shape index (κ3) is 1.46. The summed E-state index contributed by atoms with van der Waals surface area (Å²) < 4.78 is 7.53. The number of imidazole rings is 1. The van der Waals surface area contributed by atoms with Crippen molar-refractivity contribution in [1.29, 1.82) is 0 Å². The standard InChI is InChI=1S/C12H15N3O/c13-11-5-1-4-10-7-14-12(15(10)11)9-3-2-6-16-8-9/h1,4-5,7,9H,2-3,6,8,13H2. The summed E-state index contributed by atoms with van der Waals surface area (Å²) in [4.78, 5) is 4.48. The monoisotopic (exact) mass is 217 g/mol. The molecular weight excluding hydrogens is 202 g/mol. The molecule has 4 heteroatoms. The molecule has 2 N–H and O–H groups in total. The van der Waals surface area contributed by atoms with Gasteiger partial charge in [0, 0.05) is 12.5 Å². The molecule has 0 saturated carbocycles. The zero-order chi connectivity index (χ0) is 11.0. The highest BCUT2D eigenvalue weighted by Gasteiger charge is 2.20. The normalized spacial score (nSPS) is 21.4. The lowest BCUT2D eigenvalue weighted by Gasteiger charge is -2.21. The van der Waals surface area contributed by atoms with Crippen molar-refractivity contribution in [3.05, 3.63) is 30.2 Å². The third-order valence-electron chi connectivity index (χ3n) is 3.13. The van der Waals surface area contributed by atoms with E-state index in [4.69, 9.17) is 10.5 Å². The van der Waals surface area contributed by atoms with Crippen LogP contribution in [0.2, 0.25) is 0 Å². The lowest BCUT2D eigenvalue weighted by Crippen LogP contribution is -2.18. The van der Waals surface area contributed by atoms with Crippen molar-refractivity contribution in [3.63, 3.8) is 0 Å². The van der Waals surface area contributed by atoms with E-state index in [9.17, 15) is 0 Å². The summed E-state index contributed by atoms with van der Waals surface area (Å²) in [6.07, 6.45) is 4.11. The van der Waals surface area contributed by atoms with E-state index in [2.05, 4.69) is 4.98 Å². The third-order valence-corrected chi connectivity index (χ3v) is 3.13. The fourth-order valence-electron chi connectivity index (χ4n) is 2.33. The van der Waals surface area contributed by atoms with E-state index in [1.807, 2.05) is 28.8 Å². The molecule has 4 nitrogen and oxygen atoms in total. The van der Waals surface area contributed by atoms with Crippen LogP contribution < -0.4 is 5.73 Å². The number of nitrogen functional groups attached to an aromatic ring is 1. The van der Waals surface area contributed by atoms with Gasteiger partial charge in [0.25, 0.3) is 0 Å². The van der Waals surface area contributed by atoms with Crippen molar-refractivity contribution in [3.8, 4) is 0 Å². The molecule has 0 amide bonds. The minimum absolute atomic E-state index is 0.376. The van der Waals surface area contributed by atoms with Gasteiger partial charge in [0.15, 0.2) is 0 Å². The van der Waals surface area contributed by atoms with Gasteiger partial charge in [0.1, 0.15) is 11.6 Å². The molecule has 1 unspecified atom stereocenters. The summed E-state index contributed by atoms with van der Waals surface area (Å²) in [5.74, 6) is 2.16. The Bertz CT molecular complexity index is 500. The van der Waals surface area contributed by atoms with Crippen LogP contribution in [-0.4, -0.2) is 22.6 Å². The number of nitrogens with zero attached hydrogens (tertiary/aromatic N) is 2. The Balaban J connectivity index is 2.09. The van der Waals surface area contributed by atoms with Crippen LogP contribution in [0.5, 0.6) is 0 Å². The molecule has 1 aliphatic heterocycles. The number of anilines is 1. The second-order valence-corrected chi connectivity index (χ2v) is 4.24. The van der Waals surface area contributed by atoms with Gasteiger partial charge in [-0.15, -0.1) is 0 Å². The van der Waals surface area contributed by atoms with Crippen LogP contribution in [0, 0.1) is 0 Å². The molecule has 0 radical (unpaired) electrons. The number of rotatable bonds is 1. The minimum atomic E-state index is 0.376.